The Labute approximate surface area is 107 Å². The van der Waals surface area contributed by atoms with Crippen LogP contribution in [0.2, 0.25) is 0 Å². The van der Waals surface area contributed by atoms with Crippen LogP contribution < -0.4 is 11.1 Å². The lowest BCUT2D eigenvalue weighted by Crippen LogP contribution is -2.14. The molecule has 0 fully saturated rings. The van der Waals surface area contributed by atoms with Crippen molar-refractivity contribution < 1.29 is 4.79 Å². The molecule has 2 aromatic carbocycles. The zero-order valence-corrected chi connectivity index (χ0v) is 10.3. The third-order valence-electron chi connectivity index (χ3n) is 2.68. The van der Waals surface area contributed by atoms with Crippen molar-refractivity contribution in [1.29, 1.82) is 0 Å². The second-order valence-corrected chi connectivity index (χ2v) is 4.27. The molecule has 0 aliphatic heterocycles. The molecule has 92 valence electrons. The van der Waals surface area contributed by atoms with Crippen LogP contribution in [0.15, 0.2) is 48.5 Å². The molecule has 0 saturated carbocycles. The Morgan fingerprint density at radius 2 is 1.94 bits per heavy atom. The highest BCUT2D eigenvalue weighted by molar-refractivity contribution is 5.99. The number of carbonyl (C=O) groups is 1. The average Bonchev–Trinajstić information content (AvgIpc) is 2.36. The predicted molar refractivity (Wildman–Crippen MR) is 74.9 cm³/mol. The van der Waals surface area contributed by atoms with Crippen LogP contribution in [0.1, 0.15) is 15.9 Å². The number of hydrogen-bond donors (Lipinski definition) is 2. The van der Waals surface area contributed by atoms with Gasteiger partial charge in [-0.2, -0.15) is 0 Å². The molecular weight excluding hydrogens is 224 g/mol. The fourth-order valence-electron chi connectivity index (χ4n) is 1.75. The number of Topliss-reactive ketones (excluding diaryl/α,β-unsaturated/α-hetero) is 1. The SMILES string of the molecule is Cc1cccc(NCC(=O)c2cccc(N)c2)c1. The summed E-state index contributed by atoms with van der Waals surface area (Å²) in [6.07, 6.45) is 0. The summed E-state index contributed by atoms with van der Waals surface area (Å²) in [4.78, 5) is 11.9. The summed E-state index contributed by atoms with van der Waals surface area (Å²) in [5.41, 5.74) is 9.01. The molecule has 18 heavy (non-hydrogen) atoms. The minimum Gasteiger partial charge on any atom is -0.399 e. The van der Waals surface area contributed by atoms with Crippen LogP contribution in [-0.4, -0.2) is 12.3 Å². The molecule has 0 unspecified atom stereocenters. The first-order valence-corrected chi connectivity index (χ1v) is 5.84. The maximum absolute atomic E-state index is 11.9. The van der Waals surface area contributed by atoms with Crippen LogP contribution >= 0.6 is 0 Å². The van der Waals surface area contributed by atoms with Crippen molar-refractivity contribution in [3.05, 3.63) is 59.7 Å². The number of aryl methyl sites for hydroxylation is 1. The van der Waals surface area contributed by atoms with Crippen molar-refractivity contribution in [2.75, 3.05) is 17.6 Å². The van der Waals surface area contributed by atoms with E-state index in [1.807, 2.05) is 31.2 Å². The highest BCUT2D eigenvalue weighted by atomic mass is 16.1. The Bertz CT molecular complexity index is 564. The quantitative estimate of drug-likeness (QED) is 0.638. The third kappa shape index (κ3) is 3.10. The Hall–Kier alpha value is -2.29. The number of benzene rings is 2. The number of nitrogen functional groups attached to an aromatic ring is 1. The Balaban J connectivity index is 2.00. The molecule has 2 aromatic rings. The number of ketones is 1. The van der Waals surface area contributed by atoms with Gasteiger partial charge >= 0.3 is 0 Å². The van der Waals surface area contributed by atoms with Gasteiger partial charge in [0.2, 0.25) is 0 Å². The van der Waals surface area contributed by atoms with Crippen molar-refractivity contribution >= 4 is 17.2 Å². The van der Waals surface area contributed by atoms with Gasteiger partial charge in [-0.3, -0.25) is 4.79 Å². The molecule has 3 nitrogen and oxygen atoms in total. The van der Waals surface area contributed by atoms with Gasteiger partial charge in [0.25, 0.3) is 0 Å². The standard InChI is InChI=1S/C15H16N2O/c1-11-4-2-7-14(8-11)17-10-15(18)12-5-3-6-13(16)9-12/h2-9,17H,10,16H2,1H3. The van der Waals surface area contributed by atoms with E-state index in [-0.39, 0.29) is 12.3 Å². The smallest absolute Gasteiger partial charge is 0.181 e. The van der Waals surface area contributed by atoms with Gasteiger partial charge in [-0.05, 0) is 36.8 Å². The number of nitrogens with two attached hydrogens (primary N) is 1. The lowest BCUT2D eigenvalue weighted by atomic mass is 10.1. The molecular formula is C15H16N2O. The number of carbonyl (C=O) groups excluding carboxylic acids is 1. The Kier molecular flexibility index (Phi) is 3.63. The Morgan fingerprint density at radius 3 is 2.67 bits per heavy atom. The maximum atomic E-state index is 11.9. The minimum absolute atomic E-state index is 0.0313. The number of nitrogens with one attached hydrogen (secondary N) is 1. The van der Waals surface area contributed by atoms with Crippen LogP contribution in [0.25, 0.3) is 0 Å². The van der Waals surface area contributed by atoms with E-state index < -0.39 is 0 Å². The van der Waals surface area contributed by atoms with Crippen molar-refractivity contribution in [3.63, 3.8) is 0 Å². The van der Waals surface area contributed by atoms with Gasteiger partial charge in [-0.15, -0.1) is 0 Å². The zero-order chi connectivity index (χ0) is 13.0. The van der Waals surface area contributed by atoms with Gasteiger partial charge < -0.3 is 11.1 Å². The van der Waals surface area contributed by atoms with E-state index in [0.717, 1.165) is 11.3 Å². The van der Waals surface area contributed by atoms with E-state index in [4.69, 9.17) is 5.73 Å². The van der Waals surface area contributed by atoms with Crippen LogP contribution in [0.4, 0.5) is 11.4 Å². The van der Waals surface area contributed by atoms with E-state index in [0.29, 0.717) is 11.3 Å². The second kappa shape index (κ2) is 5.36. The lowest BCUT2D eigenvalue weighted by molar-refractivity contribution is 0.101. The predicted octanol–water partition coefficient (Wildman–Crippen LogP) is 2.87. The number of rotatable bonds is 4. The summed E-state index contributed by atoms with van der Waals surface area (Å²) in [6.45, 7) is 2.29. The van der Waals surface area contributed by atoms with E-state index >= 15 is 0 Å². The molecule has 0 aliphatic rings. The highest BCUT2D eigenvalue weighted by Crippen LogP contribution is 2.11. The zero-order valence-electron chi connectivity index (χ0n) is 10.3. The van der Waals surface area contributed by atoms with Gasteiger partial charge in [-0.25, -0.2) is 0 Å². The molecule has 3 heteroatoms. The first-order chi connectivity index (χ1) is 8.65. The summed E-state index contributed by atoms with van der Waals surface area (Å²) < 4.78 is 0. The third-order valence-corrected chi connectivity index (χ3v) is 2.68. The molecule has 0 aliphatic carbocycles. The summed E-state index contributed by atoms with van der Waals surface area (Å²) in [7, 11) is 0. The van der Waals surface area contributed by atoms with Gasteiger partial charge in [-0.1, -0.05) is 24.3 Å². The first-order valence-electron chi connectivity index (χ1n) is 5.84. The Morgan fingerprint density at radius 1 is 1.17 bits per heavy atom. The van der Waals surface area contributed by atoms with Gasteiger partial charge in [0, 0.05) is 16.9 Å². The molecule has 0 saturated heterocycles. The molecule has 0 bridgehead atoms. The lowest BCUT2D eigenvalue weighted by Gasteiger charge is -2.07. The molecule has 3 N–H and O–H groups in total. The van der Waals surface area contributed by atoms with Crippen molar-refractivity contribution in [2.45, 2.75) is 6.92 Å². The fraction of sp³-hybridized carbons (Fsp3) is 0.133. The maximum Gasteiger partial charge on any atom is 0.181 e. The van der Waals surface area contributed by atoms with Crippen LogP contribution in [0, 0.1) is 6.92 Å². The van der Waals surface area contributed by atoms with Gasteiger partial charge in [0.15, 0.2) is 5.78 Å². The molecule has 0 atom stereocenters. The fourth-order valence-corrected chi connectivity index (χ4v) is 1.75. The van der Waals surface area contributed by atoms with Crippen molar-refractivity contribution in [2.24, 2.45) is 0 Å². The largest absolute Gasteiger partial charge is 0.399 e. The summed E-state index contributed by atoms with van der Waals surface area (Å²) in [5, 5.41) is 3.11. The van der Waals surface area contributed by atoms with Crippen LogP contribution in [0.3, 0.4) is 0 Å². The van der Waals surface area contributed by atoms with E-state index in [9.17, 15) is 4.79 Å². The molecule has 0 aromatic heterocycles. The average molecular weight is 240 g/mol. The minimum atomic E-state index is 0.0313. The van der Waals surface area contributed by atoms with E-state index in [2.05, 4.69) is 5.32 Å². The normalized spacial score (nSPS) is 10.1. The van der Waals surface area contributed by atoms with E-state index in [1.54, 1.807) is 24.3 Å². The van der Waals surface area contributed by atoms with Gasteiger partial charge in [0.05, 0.1) is 6.54 Å². The topological polar surface area (TPSA) is 55.1 Å². The molecule has 0 radical (unpaired) electrons. The van der Waals surface area contributed by atoms with Crippen molar-refractivity contribution in [1.82, 2.24) is 0 Å². The van der Waals surface area contributed by atoms with Crippen LogP contribution in [-0.2, 0) is 0 Å². The highest BCUT2D eigenvalue weighted by Gasteiger charge is 2.05. The first kappa shape index (κ1) is 12.2. The van der Waals surface area contributed by atoms with Crippen molar-refractivity contribution in [3.8, 4) is 0 Å². The second-order valence-electron chi connectivity index (χ2n) is 4.27. The van der Waals surface area contributed by atoms with Gasteiger partial charge in [0.1, 0.15) is 0 Å². The summed E-state index contributed by atoms with van der Waals surface area (Å²) in [5.74, 6) is 0.0313. The van der Waals surface area contributed by atoms with E-state index in [1.165, 1.54) is 0 Å². The molecule has 0 spiro atoms. The molecule has 2 rings (SSSR count). The summed E-state index contributed by atoms with van der Waals surface area (Å²) >= 11 is 0. The number of anilines is 2. The molecule has 0 amide bonds. The number of hydrogen-bond acceptors (Lipinski definition) is 3. The summed E-state index contributed by atoms with van der Waals surface area (Å²) in [6, 6.07) is 15.0. The molecule has 0 heterocycles. The monoisotopic (exact) mass is 240 g/mol. The van der Waals surface area contributed by atoms with Crippen LogP contribution in [0.5, 0.6) is 0 Å².